The van der Waals surface area contributed by atoms with Crippen molar-refractivity contribution in [3.8, 4) is 0 Å². The van der Waals surface area contributed by atoms with E-state index in [-0.39, 0.29) is 10.7 Å². The Morgan fingerprint density at radius 2 is 2.12 bits per heavy atom. The average molecular weight is 317 g/mol. The fourth-order valence-electron chi connectivity index (χ4n) is 1.25. The molecule has 0 unspecified atom stereocenters. The summed E-state index contributed by atoms with van der Waals surface area (Å²) in [6.07, 6.45) is 0. The topological polar surface area (TPSA) is 72.2 Å². The first kappa shape index (κ1) is 12.1. The van der Waals surface area contributed by atoms with Gasteiger partial charge in [-0.15, -0.1) is 0 Å². The van der Waals surface area contributed by atoms with Crippen LogP contribution in [0.3, 0.4) is 0 Å². The molecule has 0 bridgehead atoms. The molecule has 1 aromatic heterocycles. The summed E-state index contributed by atoms with van der Waals surface area (Å²) in [5, 5.41) is 3.57. The van der Waals surface area contributed by atoms with Crippen LogP contribution in [0.25, 0.3) is 0 Å². The molecule has 0 saturated heterocycles. The lowest BCUT2D eigenvalue weighted by Gasteiger charge is -2.04. The first-order valence-corrected chi connectivity index (χ1v) is 6.97. The Kier molecular flexibility index (Phi) is 3.21. The van der Waals surface area contributed by atoms with Gasteiger partial charge in [-0.2, -0.15) is 0 Å². The highest BCUT2D eigenvalue weighted by Gasteiger charge is 2.16. The molecule has 1 N–H and O–H groups in total. The molecule has 2 aromatic rings. The third kappa shape index (κ3) is 2.86. The zero-order valence-corrected chi connectivity index (χ0v) is 11.2. The first-order valence-electron chi connectivity index (χ1n) is 4.69. The minimum atomic E-state index is -3.62. The molecule has 0 aliphatic carbocycles. The molecule has 17 heavy (non-hydrogen) atoms. The maximum Gasteiger partial charge on any atom is 0.263 e. The standard InChI is InChI=1S/C10H9BrN2O3S/c1-7-5-10(12-16-7)13-17(14,15)9-4-2-3-8(11)6-9/h2-6H,1H3,(H,12,13). The third-order valence-electron chi connectivity index (χ3n) is 1.97. The Labute approximate surface area is 107 Å². The van der Waals surface area contributed by atoms with Crippen molar-refractivity contribution in [2.45, 2.75) is 11.8 Å². The molecule has 2 rings (SSSR count). The highest BCUT2D eigenvalue weighted by molar-refractivity contribution is 9.10. The molecule has 1 heterocycles. The molecule has 0 saturated carbocycles. The van der Waals surface area contributed by atoms with Crippen molar-refractivity contribution in [1.29, 1.82) is 0 Å². The van der Waals surface area contributed by atoms with E-state index >= 15 is 0 Å². The van der Waals surface area contributed by atoms with Crippen LogP contribution in [0.5, 0.6) is 0 Å². The van der Waals surface area contributed by atoms with Gasteiger partial charge in [0.1, 0.15) is 5.76 Å². The van der Waals surface area contributed by atoms with Gasteiger partial charge in [-0.1, -0.05) is 27.2 Å². The van der Waals surface area contributed by atoms with Gasteiger partial charge in [-0.3, -0.25) is 4.72 Å². The van der Waals surface area contributed by atoms with Crippen LogP contribution in [0.2, 0.25) is 0 Å². The van der Waals surface area contributed by atoms with Crippen LogP contribution in [0.1, 0.15) is 5.76 Å². The van der Waals surface area contributed by atoms with Crippen molar-refractivity contribution in [2.24, 2.45) is 0 Å². The number of sulfonamides is 1. The number of nitrogens with one attached hydrogen (secondary N) is 1. The zero-order chi connectivity index (χ0) is 12.5. The van der Waals surface area contributed by atoms with Gasteiger partial charge in [-0.25, -0.2) is 8.42 Å². The van der Waals surface area contributed by atoms with Crippen LogP contribution >= 0.6 is 15.9 Å². The predicted molar refractivity (Wildman–Crippen MR) is 66.2 cm³/mol. The zero-order valence-electron chi connectivity index (χ0n) is 8.84. The molecule has 0 aliphatic rings. The molecule has 0 radical (unpaired) electrons. The SMILES string of the molecule is Cc1cc(NS(=O)(=O)c2cccc(Br)c2)no1. The summed E-state index contributed by atoms with van der Waals surface area (Å²) in [6.45, 7) is 1.68. The average Bonchev–Trinajstić information content (AvgIpc) is 2.63. The van der Waals surface area contributed by atoms with Gasteiger partial charge in [0.15, 0.2) is 5.82 Å². The molecule has 0 spiro atoms. The monoisotopic (exact) mass is 316 g/mol. The number of aromatic nitrogens is 1. The second-order valence-electron chi connectivity index (χ2n) is 3.39. The summed E-state index contributed by atoms with van der Waals surface area (Å²) in [7, 11) is -3.62. The van der Waals surface area contributed by atoms with E-state index in [1.807, 2.05) is 0 Å². The Bertz CT molecular complexity index is 637. The molecule has 90 valence electrons. The van der Waals surface area contributed by atoms with E-state index in [2.05, 4.69) is 25.8 Å². The maximum absolute atomic E-state index is 11.9. The molecule has 7 heteroatoms. The molecule has 0 aliphatic heterocycles. The van der Waals surface area contributed by atoms with E-state index < -0.39 is 10.0 Å². The normalized spacial score (nSPS) is 11.4. The van der Waals surface area contributed by atoms with E-state index in [1.54, 1.807) is 19.1 Å². The summed E-state index contributed by atoms with van der Waals surface area (Å²) >= 11 is 3.22. The van der Waals surface area contributed by atoms with Gasteiger partial charge < -0.3 is 4.52 Å². The Balaban J connectivity index is 2.31. The van der Waals surface area contributed by atoms with Gasteiger partial charge in [0, 0.05) is 10.5 Å². The summed E-state index contributed by atoms with van der Waals surface area (Å²) in [4.78, 5) is 0.160. The van der Waals surface area contributed by atoms with Crippen molar-refractivity contribution in [1.82, 2.24) is 5.16 Å². The number of halogens is 1. The number of hydrogen-bond acceptors (Lipinski definition) is 4. The van der Waals surface area contributed by atoms with E-state index in [0.29, 0.717) is 10.2 Å². The van der Waals surface area contributed by atoms with E-state index in [9.17, 15) is 8.42 Å². The highest BCUT2D eigenvalue weighted by Crippen LogP contribution is 2.19. The van der Waals surface area contributed by atoms with Crippen LogP contribution in [-0.4, -0.2) is 13.6 Å². The van der Waals surface area contributed by atoms with E-state index in [1.165, 1.54) is 18.2 Å². The number of rotatable bonds is 3. The van der Waals surface area contributed by atoms with Gasteiger partial charge in [0.05, 0.1) is 4.90 Å². The van der Waals surface area contributed by atoms with Crippen LogP contribution in [0.15, 0.2) is 44.2 Å². The lowest BCUT2D eigenvalue weighted by atomic mass is 10.4. The van der Waals surface area contributed by atoms with Gasteiger partial charge in [0.2, 0.25) is 0 Å². The smallest absolute Gasteiger partial charge is 0.263 e. The number of nitrogens with zero attached hydrogens (tertiary/aromatic N) is 1. The van der Waals surface area contributed by atoms with E-state index in [4.69, 9.17) is 4.52 Å². The molecule has 0 fully saturated rings. The molecular weight excluding hydrogens is 308 g/mol. The highest BCUT2D eigenvalue weighted by atomic mass is 79.9. The summed E-state index contributed by atoms with van der Waals surface area (Å²) in [5.74, 6) is 0.708. The minimum Gasteiger partial charge on any atom is -0.360 e. The lowest BCUT2D eigenvalue weighted by Crippen LogP contribution is -2.13. The van der Waals surface area contributed by atoms with Crippen molar-refractivity contribution in [3.63, 3.8) is 0 Å². The Morgan fingerprint density at radius 1 is 1.35 bits per heavy atom. The van der Waals surface area contributed by atoms with E-state index in [0.717, 1.165) is 0 Å². The van der Waals surface area contributed by atoms with Crippen LogP contribution in [0, 0.1) is 6.92 Å². The van der Waals surface area contributed by atoms with Gasteiger partial charge >= 0.3 is 0 Å². The largest absolute Gasteiger partial charge is 0.360 e. The molecular formula is C10H9BrN2O3S. The molecule has 5 nitrogen and oxygen atoms in total. The number of anilines is 1. The summed E-state index contributed by atoms with van der Waals surface area (Å²) < 4.78 is 31.7. The van der Waals surface area contributed by atoms with Gasteiger partial charge in [0.25, 0.3) is 10.0 Å². The summed E-state index contributed by atoms with van der Waals surface area (Å²) in [5.41, 5.74) is 0. The van der Waals surface area contributed by atoms with Crippen molar-refractivity contribution >= 4 is 31.8 Å². The van der Waals surface area contributed by atoms with Crippen molar-refractivity contribution in [3.05, 3.63) is 40.6 Å². The van der Waals surface area contributed by atoms with Gasteiger partial charge in [-0.05, 0) is 25.1 Å². The Morgan fingerprint density at radius 3 is 2.71 bits per heavy atom. The Hall–Kier alpha value is -1.34. The molecule has 1 aromatic carbocycles. The number of aryl methyl sites for hydroxylation is 1. The lowest BCUT2D eigenvalue weighted by molar-refractivity contribution is 0.400. The second kappa shape index (κ2) is 4.50. The minimum absolute atomic E-state index is 0.160. The van der Waals surface area contributed by atoms with Crippen molar-refractivity contribution < 1.29 is 12.9 Å². The summed E-state index contributed by atoms with van der Waals surface area (Å²) in [6, 6.07) is 7.91. The van der Waals surface area contributed by atoms with Crippen LogP contribution in [0.4, 0.5) is 5.82 Å². The predicted octanol–water partition coefficient (Wildman–Crippen LogP) is 2.55. The third-order valence-corrected chi connectivity index (χ3v) is 3.82. The number of benzene rings is 1. The van der Waals surface area contributed by atoms with Crippen LogP contribution in [-0.2, 0) is 10.0 Å². The molecule has 0 amide bonds. The second-order valence-corrected chi connectivity index (χ2v) is 5.98. The first-order chi connectivity index (χ1) is 7.97. The van der Waals surface area contributed by atoms with Crippen LogP contribution < -0.4 is 4.72 Å². The maximum atomic E-state index is 11.9. The number of hydrogen-bond donors (Lipinski definition) is 1. The fourth-order valence-corrected chi connectivity index (χ4v) is 2.83. The van der Waals surface area contributed by atoms with Crippen molar-refractivity contribution in [2.75, 3.05) is 4.72 Å². The molecule has 0 atom stereocenters. The fraction of sp³-hybridized carbons (Fsp3) is 0.100. The quantitative estimate of drug-likeness (QED) is 0.944.